The number of carbonyl (C=O) groups is 1. The number of amides is 1. The van der Waals surface area contributed by atoms with E-state index >= 15 is 0 Å². The molecule has 2 aromatic rings. The summed E-state index contributed by atoms with van der Waals surface area (Å²) in [5.41, 5.74) is 0.463. The van der Waals surface area contributed by atoms with E-state index in [1.807, 2.05) is 0 Å². The summed E-state index contributed by atoms with van der Waals surface area (Å²) in [5.74, 6) is 1.07. The van der Waals surface area contributed by atoms with Gasteiger partial charge in [-0.2, -0.15) is 0 Å². The lowest BCUT2D eigenvalue weighted by Gasteiger charge is -2.27. The summed E-state index contributed by atoms with van der Waals surface area (Å²) in [6.45, 7) is 0.239. The van der Waals surface area contributed by atoms with Crippen molar-refractivity contribution >= 4 is 15.7 Å². The van der Waals surface area contributed by atoms with E-state index in [0.29, 0.717) is 23.5 Å². The van der Waals surface area contributed by atoms with Crippen LogP contribution >= 0.6 is 0 Å². The molecular weight excluding hydrogens is 330 g/mol. The fraction of sp³-hybridized carbons (Fsp3) is 0.353. The number of furan rings is 1. The van der Waals surface area contributed by atoms with E-state index in [4.69, 9.17) is 9.15 Å². The highest BCUT2D eigenvalue weighted by Crippen LogP contribution is 2.23. The van der Waals surface area contributed by atoms with E-state index < -0.39 is 9.84 Å². The molecule has 1 atom stereocenters. The van der Waals surface area contributed by atoms with E-state index in [-0.39, 0.29) is 30.0 Å². The third kappa shape index (κ3) is 3.62. The van der Waals surface area contributed by atoms with Gasteiger partial charge in [-0.3, -0.25) is 4.79 Å². The minimum absolute atomic E-state index is 0.0105. The molecule has 0 N–H and O–H groups in total. The van der Waals surface area contributed by atoms with Gasteiger partial charge in [0.15, 0.2) is 9.84 Å². The summed E-state index contributed by atoms with van der Waals surface area (Å²) < 4.78 is 34.2. The van der Waals surface area contributed by atoms with Crippen molar-refractivity contribution in [3.8, 4) is 5.75 Å². The second-order valence-electron chi connectivity index (χ2n) is 5.80. The smallest absolute Gasteiger partial charge is 0.254 e. The first-order valence-corrected chi connectivity index (χ1v) is 9.48. The van der Waals surface area contributed by atoms with Gasteiger partial charge in [0.1, 0.15) is 11.5 Å². The highest BCUT2D eigenvalue weighted by Gasteiger charge is 2.35. The molecule has 0 aliphatic carbocycles. The Bertz CT molecular complexity index is 813. The third-order valence-electron chi connectivity index (χ3n) is 4.13. The number of nitrogens with zero attached hydrogens (tertiary/aromatic N) is 1. The van der Waals surface area contributed by atoms with Gasteiger partial charge in [0.2, 0.25) is 0 Å². The summed E-state index contributed by atoms with van der Waals surface area (Å²) in [7, 11) is -1.56. The lowest BCUT2D eigenvalue weighted by molar-refractivity contribution is 0.0666. The molecule has 1 aliphatic heterocycles. The van der Waals surface area contributed by atoms with Crippen molar-refractivity contribution in [1.82, 2.24) is 4.90 Å². The Labute approximate surface area is 140 Å². The van der Waals surface area contributed by atoms with E-state index in [0.717, 1.165) is 0 Å². The first-order valence-electron chi connectivity index (χ1n) is 7.66. The van der Waals surface area contributed by atoms with Gasteiger partial charge in [0.25, 0.3) is 5.91 Å². The summed E-state index contributed by atoms with van der Waals surface area (Å²) in [5, 5.41) is 0. The van der Waals surface area contributed by atoms with Crippen LogP contribution in [0, 0.1) is 0 Å². The van der Waals surface area contributed by atoms with Crippen LogP contribution in [0.5, 0.6) is 5.75 Å². The maximum absolute atomic E-state index is 13.0. The van der Waals surface area contributed by atoms with E-state index in [9.17, 15) is 13.2 Å². The first kappa shape index (κ1) is 16.6. The maximum Gasteiger partial charge on any atom is 0.254 e. The van der Waals surface area contributed by atoms with Crippen LogP contribution in [0.25, 0.3) is 0 Å². The van der Waals surface area contributed by atoms with Gasteiger partial charge < -0.3 is 14.1 Å². The number of carbonyl (C=O) groups excluding carboxylic acids is 1. The monoisotopic (exact) mass is 349 g/mol. The number of benzene rings is 1. The van der Waals surface area contributed by atoms with Crippen molar-refractivity contribution in [2.45, 2.75) is 19.0 Å². The normalized spacial score (nSPS) is 19.1. The molecule has 128 valence electrons. The highest BCUT2D eigenvalue weighted by molar-refractivity contribution is 7.91. The molecule has 0 radical (unpaired) electrons. The van der Waals surface area contributed by atoms with E-state index in [1.165, 1.54) is 13.4 Å². The molecule has 0 bridgehead atoms. The van der Waals surface area contributed by atoms with Gasteiger partial charge in [0.05, 0.1) is 31.4 Å². The Balaban J connectivity index is 1.89. The van der Waals surface area contributed by atoms with Crippen molar-refractivity contribution in [2.75, 3.05) is 18.6 Å². The standard InChI is InChI=1S/C17H19NO5S/c1-22-15-5-2-4-13(10-15)17(19)18(11-16-6-3-8-23-16)14-7-9-24(20,21)12-14/h2-6,8,10,14H,7,9,11-12H2,1H3/t14-/m0/s1. The predicted molar refractivity (Wildman–Crippen MR) is 88.6 cm³/mol. The minimum Gasteiger partial charge on any atom is -0.497 e. The average Bonchev–Trinajstić information content (AvgIpc) is 3.21. The minimum atomic E-state index is -3.10. The van der Waals surface area contributed by atoms with Gasteiger partial charge >= 0.3 is 0 Å². The van der Waals surface area contributed by atoms with E-state index in [1.54, 1.807) is 41.3 Å². The summed E-state index contributed by atoms with van der Waals surface area (Å²) in [6, 6.07) is 10.0. The quantitative estimate of drug-likeness (QED) is 0.826. The van der Waals surface area contributed by atoms with Crippen LogP contribution in [0.3, 0.4) is 0 Å². The lowest BCUT2D eigenvalue weighted by atomic mass is 10.1. The number of ether oxygens (including phenoxy) is 1. The number of rotatable bonds is 5. The van der Waals surface area contributed by atoms with Crippen molar-refractivity contribution in [3.63, 3.8) is 0 Å². The molecule has 24 heavy (non-hydrogen) atoms. The van der Waals surface area contributed by atoms with Crippen molar-refractivity contribution < 1.29 is 22.4 Å². The van der Waals surface area contributed by atoms with Crippen molar-refractivity contribution in [3.05, 3.63) is 54.0 Å². The Morgan fingerprint density at radius 2 is 2.17 bits per heavy atom. The molecule has 3 rings (SSSR count). The van der Waals surface area contributed by atoms with Crippen LogP contribution in [0.4, 0.5) is 0 Å². The highest BCUT2D eigenvalue weighted by atomic mass is 32.2. The molecule has 1 amide bonds. The molecule has 0 spiro atoms. The van der Waals surface area contributed by atoms with Gasteiger partial charge in [-0.25, -0.2) is 8.42 Å². The van der Waals surface area contributed by atoms with Crippen LogP contribution in [-0.4, -0.2) is 43.9 Å². The Morgan fingerprint density at radius 1 is 1.33 bits per heavy atom. The molecule has 0 unspecified atom stereocenters. The maximum atomic E-state index is 13.0. The summed E-state index contributed by atoms with van der Waals surface area (Å²) >= 11 is 0. The predicted octanol–water partition coefficient (Wildman–Crippen LogP) is 2.12. The van der Waals surface area contributed by atoms with Crippen LogP contribution in [0.2, 0.25) is 0 Å². The molecule has 1 aromatic carbocycles. The number of hydrogen-bond acceptors (Lipinski definition) is 5. The molecule has 1 fully saturated rings. The summed E-state index contributed by atoms with van der Waals surface area (Å²) in [4.78, 5) is 14.6. The summed E-state index contributed by atoms with van der Waals surface area (Å²) in [6.07, 6.45) is 1.98. The van der Waals surface area contributed by atoms with Crippen LogP contribution < -0.4 is 4.74 Å². The molecule has 1 aromatic heterocycles. The van der Waals surface area contributed by atoms with Crippen molar-refractivity contribution in [1.29, 1.82) is 0 Å². The lowest BCUT2D eigenvalue weighted by Crippen LogP contribution is -2.40. The largest absolute Gasteiger partial charge is 0.497 e. The first-order chi connectivity index (χ1) is 11.5. The average molecular weight is 349 g/mol. The third-order valence-corrected chi connectivity index (χ3v) is 5.88. The second kappa shape index (κ2) is 6.68. The molecule has 1 saturated heterocycles. The molecule has 0 saturated carbocycles. The Kier molecular flexibility index (Phi) is 4.62. The topological polar surface area (TPSA) is 76.8 Å². The zero-order valence-electron chi connectivity index (χ0n) is 13.3. The number of hydrogen-bond donors (Lipinski definition) is 0. The zero-order valence-corrected chi connectivity index (χ0v) is 14.2. The van der Waals surface area contributed by atoms with Gasteiger partial charge in [-0.15, -0.1) is 0 Å². The Morgan fingerprint density at radius 3 is 2.79 bits per heavy atom. The molecule has 7 heteroatoms. The van der Waals surface area contributed by atoms with Crippen LogP contribution in [-0.2, 0) is 16.4 Å². The Hall–Kier alpha value is -2.28. The molecule has 1 aliphatic rings. The second-order valence-corrected chi connectivity index (χ2v) is 8.03. The van der Waals surface area contributed by atoms with Crippen molar-refractivity contribution in [2.24, 2.45) is 0 Å². The zero-order chi connectivity index (χ0) is 17.2. The van der Waals surface area contributed by atoms with Gasteiger partial charge in [-0.05, 0) is 36.8 Å². The fourth-order valence-electron chi connectivity index (χ4n) is 2.88. The van der Waals surface area contributed by atoms with Crippen LogP contribution in [0.15, 0.2) is 47.1 Å². The van der Waals surface area contributed by atoms with E-state index in [2.05, 4.69) is 0 Å². The fourth-order valence-corrected chi connectivity index (χ4v) is 4.61. The molecule has 6 nitrogen and oxygen atoms in total. The SMILES string of the molecule is COc1cccc(C(=O)N(Cc2ccco2)[C@H]2CCS(=O)(=O)C2)c1. The molecular formula is C17H19NO5S. The number of methoxy groups -OCH3 is 1. The van der Waals surface area contributed by atoms with Gasteiger partial charge in [-0.1, -0.05) is 6.07 Å². The molecule has 2 heterocycles. The van der Waals surface area contributed by atoms with Crippen LogP contribution in [0.1, 0.15) is 22.5 Å². The van der Waals surface area contributed by atoms with Gasteiger partial charge in [0, 0.05) is 11.6 Å². The number of sulfone groups is 1.